The zero-order valence-electron chi connectivity index (χ0n) is 18.1. The zero-order valence-corrected chi connectivity index (χ0v) is 18.1. The molecule has 0 aliphatic rings. The van der Waals surface area contributed by atoms with Gasteiger partial charge in [0.15, 0.2) is 0 Å². The van der Waals surface area contributed by atoms with Crippen molar-refractivity contribution in [3.63, 3.8) is 0 Å². The summed E-state index contributed by atoms with van der Waals surface area (Å²) in [5.41, 5.74) is 4.10. The summed E-state index contributed by atoms with van der Waals surface area (Å²) in [6, 6.07) is 28.6. The van der Waals surface area contributed by atoms with E-state index < -0.39 is 0 Å². The molecule has 0 aliphatic carbocycles. The van der Waals surface area contributed by atoms with E-state index in [1.54, 1.807) is 17.1 Å². The molecule has 0 N–H and O–H groups in total. The van der Waals surface area contributed by atoms with Crippen molar-refractivity contribution in [1.82, 2.24) is 14.5 Å². The molecule has 3 aromatic carbocycles. The monoisotopic (exact) mass is 421 g/mol. The van der Waals surface area contributed by atoms with Gasteiger partial charge in [0.25, 0.3) is 0 Å². The Morgan fingerprint density at radius 1 is 0.844 bits per heavy atom. The molecule has 4 nitrogen and oxygen atoms in total. The quantitative estimate of drug-likeness (QED) is 0.339. The lowest BCUT2D eigenvalue weighted by Gasteiger charge is -2.23. The first kappa shape index (κ1) is 21.3. The van der Waals surface area contributed by atoms with Gasteiger partial charge in [-0.05, 0) is 23.3 Å². The van der Waals surface area contributed by atoms with Crippen molar-refractivity contribution in [3.05, 3.63) is 127 Å². The Labute approximate surface area is 189 Å². The van der Waals surface area contributed by atoms with E-state index in [1.165, 1.54) is 0 Å². The van der Waals surface area contributed by atoms with E-state index in [2.05, 4.69) is 42.0 Å². The number of carbonyl (C=O) groups excluding carboxylic acids is 1. The van der Waals surface area contributed by atoms with Gasteiger partial charge in [-0.15, -0.1) is 13.2 Å². The summed E-state index contributed by atoms with van der Waals surface area (Å²) >= 11 is 0. The number of imidazole rings is 1. The fourth-order valence-electron chi connectivity index (χ4n) is 4.09. The van der Waals surface area contributed by atoms with E-state index in [9.17, 15) is 4.79 Å². The summed E-state index contributed by atoms with van der Waals surface area (Å²) in [6.45, 7) is 8.74. The molecule has 1 aromatic heterocycles. The molecule has 32 heavy (non-hydrogen) atoms. The van der Waals surface area contributed by atoms with Crippen molar-refractivity contribution in [3.8, 4) is 0 Å². The highest BCUT2D eigenvalue weighted by Crippen LogP contribution is 2.33. The summed E-state index contributed by atoms with van der Waals surface area (Å²) < 4.78 is 2.06. The Bertz CT molecular complexity index is 1160. The van der Waals surface area contributed by atoms with Crippen LogP contribution in [0, 0.1) is 0 Å². The van der Waals surface area contributed by atoms with Crippen LogP contribution in [-0.2, 0) is 11.3 Å². The maximum absolute atomic E-state index is 13.3. The molecule has 0 bridgehead atoms. The summed E-state index contributed by atoms with van der Waals surface area (Å²) in [5.74, 6) is 0.771. The minimum Gasteiger partial charge on any atom is -0.334 e. The van der Waals surface area contributed by atoms with Gasteiger partial charge < -0.3 is 9.47 Å². The molecule has 0 atom stereocenters. The Morgan fingerprint density at radius 2 is 1.38 bits per heavy atom. The van der Waals surface area contributed by atoms with Crippen LogP contribution in [0.4, 0.5) is 0 Å². The highest BCUT2D eigenvalue weighted by atomic mass is 16.2. The third-order valence-corrected chi connectivity index (χ3v) is 5.55. The molecule has 4 rings (SSSR count). The average Bonchev–Trinajstić information content (AvgIpc) is 3.18. The predicted molar refractivity (Wildman–Crippen MR) is 131 cm³/mol. The fraction of sp³-hybridized carbons (Fsp3) is 0.143. The van der Waals surface area contributed by atoms with Crippen LogP contribution in [0.3, 0.4) is 0 Å². The average molecular weight is 422 g/mol. The number of carbonyl (C=O) groups is 1. The van der Waals surface area contributed by atoms with Crippen molar-refractivity contribution in [2.24, 2.45) is 0 Å². The maximum Gasteiger partial charge on any atom is 0.243 e. The minimum absolute atomic E-state index is 0.00840. The molecule has 0 saturated carbocycles. The van der Waals surface area contributed by atoms with Crippen molar-refractivity contribution in [1.29, 1.82) is 0 Å². The number of aromatic nitrogens is 2. The molecular formula is C28H27N3O. The molecular weight excluding hydrogens is 394 g/mol. The third kappa shape index (κ3) is 4.40. The van der Waals surface area contributed by atoms with Crippen LogP contribution in [0.1, 0.15) is 22.9 Å². The number of para-hydroxylation sites is 2. The van der Waals surface area contributed by atoms with E-state index in [0.717, 1.165) is 28.0 Å². The smallest absolute Gasteiger partial charge is 0.243 e. The van der Waals surface area contributed by atoms with Gasteiger partial charge in [0, 0.05) is 13.1 Å². The molecule has 0 spiro atoms. The Kier molecular flexibility index (Phi) is 6.61. The topological polar surface area (TPSA) is 38.1 Å². The van der Waals surface area contributed by atoms with Crippen LogP contribution in [0.5, 0.6) is 0 Å². The first-order valence-electron chi connectivity index (χ1n) is 10.8. The molecule has 0 fully saturated rings. The molecule has 1 heterocycles. The zero-order chi connectivity index (χ0) is 22.3. The van der Waals surface area contributed by atoms with Gasteiger partial charge in [0.2, 0.25) is 5.91 Å². The van der Waals surface area contributed by atoms with Crippen molar-refractivity contribution >= 4 is 16.9 Å². The second-order valence-corrected chi connectivity index (χ2v) is 7.68. The van der Waals surface area contributed by atoms with Gasteiger partial charge >= 0.3 is 0 Å². The summed E-state index contributed by atoms with van der Waals surface area (Å²) in [5, 5.41) is 0. The van der Waals surface area contributed by atoms with Gasteiger partial charge in [0.05, 0.1) is 17.0 Å². The first-order chi connectivity index (χ1) is 15.7. The molecule has 4 aromatic rings. The van der Waals surface area contributed by atoms with E-state index in [0.29, 0.717) is 13.1 Å². The number of amides is 1. The lowest BCUT2D eigenvalue weighted by molar-refractivity contribution is -0.130. The largest absolute Gasteiger partial charge is 0.334 e. The summed E-state index contributed by atoms with van der Waals surface area (Å²) in [6.07, 6.45) is 3.48. The van der Waals surface area contributed by atoms with Gasteiger partial charge in [-0.3, -0.25) is 4.79 Å². The van der Waals surface area contributed by atoms with Gasteiger partial charge in [-0.25, -0.2) is 4.98 Å². The molecule has 0 aliphatic heterocycles. The Balaban J connectivity index is 1.86. The number of hydrogen-bond donors (Lipinski definition) is 0. The summed E-state index contributed by atoms with van der Waals surface area (Å²) in [7, 11) is 0. The maximum atomic E-state index is 13.3. The number of nitrogens with zero attached hydrogens (tertiary/aromatic N) is 3. The Hall–Kier alpha value is -3.92. The number of fused-ring (bicyclic) bond motifs is 1. The number of rotatable bonds is 9. The van der Waals surface area contributed by atoms with E-state index in [4.69, 9.17) is 4.98 Å². The molecule has 160 valence electrons. The van der Waals surface area contributed by atoms with Crippen LogP contribution in [-0.4, -0.2) is 33.4 Å². The molecule has 1 amide bonds. The molecule has 0 saturated heterocycles. The van der Waals surface area contributed by atoms with Crippen LogP contribution in [0.15, 0.2) is 110 Å². The van der Waals surface area contributed by atoms with Crippen LogP contribution >= 0.6 is 0 Å². The SMILES string of the molecule is C=CCN(CC=C)C(=O)Cn1c(C(c2ccccc2)c2ccccc2)nc2ccccc21. The van der Waals surface area contributed by atoms with Crippen LogP contribution in [0.25, 0.3) is 11.0 Å². The summed E-state index contributed by atoms with van der Waals surface area (Å²) in [4.78, 5) is 20.0. The molecule has 4 heteroatoms. The van der Waals surface area contributed by atoms with Crippen LogP contribution in [0.2, 0.25) is 0 Å². The lowest BCUT2D eigenvalue weighted by Crippen LogP contribution is -2.34. The van der Waals surface area contributed by atoms with E-state index >= 15 is 0 Å². The van der Waals surface area contributed by atoms with E-state index in [1.807, 2.05) is 60.7 Å². The minimum atomic E-state index is -0.0927. The molecule has 0 unspecified atom stereocenters. The van der Waals surface area contributed by atoms with Crippen LogP contribution < -0.4 is 0 Å². The number of benzene rings is 3. The lowest BCUT2D eigenvalue weighted by atomic mass is 9.90. The third-order valence-electron chi connectivity index (χ3n) is 5.55. The van der Waals surface area contributed by atoms with Gasteiger partial charge in [0.1, 0.15) is 12.4 Å². The highest BCUT2D eigenvalue weighted by molar-refractivity contribution is 5.81. The highest BCUT2D eigenvalue weighted by Gasteiger charge is 2.25. The van der Waals surface area contributed by atoms with Gasteiger partial charge in [-0.1, -0.05) is 84.9 Å². The fourth-order valence-corrected chi connectivity index (χ4v) is 4.09. The predicted octanol–water partition coefficient (Wildman–Crippen LogP) is 5.42. The number of hydrogen-bond acceptors (Lipinski definition) is 2. The van der Waals surface area contributed by atoms with E-state index in [-0.39, 0.29) is 18.4 Å². The Morgan fingerprint density at radius 3 is 1.94 bits per heavy atom. The normalized spacial score (nSPS) is 10.9. The molecule has 0 radical (unpaired) electrons. The van der Waals surface area contributed by atoms with Gasteiger partial charge in [-0.2, -0.15) is 0 Å². The van der Waals surface area contributed by atoms with Crippen molar-refractivity contribution in [2.45, 2.75) is 12.5 Å². The standard InChI is InChI=1S/C28H27N3O/c1-3-19-30(20-4-2)26(32)21-31-25-18-12-11-17-24(25)29-28(31)27(22-13-7-5-8-14-22)23-15-9-6-10-16-23/h3-18,27H,1-2,19-21H2. The second kappa shape index (κ2) is 9.92. The van der Waals surface area contributed by atoms with Crippen molar-refractivity contribution < 1.29 is 4.79 Å². The second-order valence-electron chi connectivity index (χ2n) is 7.68. The first-order valence-corrected chi connectivity index (χ1v) is 10.8. The van der Waals surface area contributed by atoms with Crippen molar-refractivity contribution in [2.75, 3.05) is 13.1 Å².